The van der Waals surface area contributed by atoms with Gasteiger partial charge in [0, 0.05) is 11.7 Å². The molecular weight excluding hydrogens is 201 g/mol. The fraction of sp³-hybridized carbons (Fsp3) is 0.429. The first kappa shape index (κ1) is 11.2. The van der Waals surface area contributed by atoms with Crippen LogP contribution in [0.1, 0.15) is 25.7 Å². The van der Waals surface area contributed by atoms with Crippen molar-refractivity contribution in [2.24, 2.45) is 5.92 Å². The summed E-state index contributed by atoms with van der Waals surface area (Å²) in [5.41, 5.74) is 1.02. The van der Waals surface area contributed by atoms with Gasteiger partial charge in [-0.25, -0.2) is 4.39 Å². The van der Waals surface area contributed by atoms with Gasteiger partial charge in [0.25, 0.3) is 0 Å². The maximum atomic E-state index is 12.8. The summed E-state index contributed by atoms with van der Waals surface area (Å²) in [6.07, 6.45) is 6.74. The van der Waals surface area contributed by atoms with E-state index in [0.717, 1.165) is 24.4 Å². The van der Waals surface area contributed by atoms with E-state index in [-0.39, 0.29) is 5.82 Å². The van der Waals surface area contributed by atoms with E-state index in [2.05, 4.69) is 11.9 Å². The molecule has 2 rings (SSSR count). The van der Waals surface area contributed by atoms with Crippen molar-refractivity contribution in [3.8, 4) is 0 Å². The summed E-state index contributed by atoms with van der Waals surface area (Å²) in [4.78, 5) is 0. The fourth-order valence-electron chi connectivity index (χ4n) is 1.98. The van der Waals surface area contributed by atoms with Crippen LogP contribution in [0.4, 0.5) is 10.1 Å². The second-order valence-electron chi connectivity index (χ2n) is 4.46. The van der Waals surface area contributed by atoms with E-state index in [9.17, 15) is 4.39 Å². The van der Waals surface area contributed by atoms with Gasteiger partial charge in [-0.2, -0.15) is 0 Å². The Kier molecular flexibility index (Phi) is 3.60. The zero-order valence-electron chi connectivity index (χ0n) is 9.45. The number of hydrogen-bond donors (Lipinski definition) is 1. The lowest BCUT2D eigenvalue weighted by molar-refractivity contribution is 0.591. The van der Waals surface area contributed by atoms with Gasteiger partial charge in [0.2, 0.25) is 0 Å². The van der Waals surface area contributed by atoms with E-state index in [1.807, 2.05) is 6.08 Å². The van der Waals surface area contributed by atoms with E-state index in [4.69, 9.17) is 0 Å². The van der Waals surface area contributed by atoms with Gasteiger partial charge in [-0.05, 0) is 55.9 Å². The van der Waals surface area contributed by atoms with Crippen LogP contribution in [-0.4, -0.2) is 6.04 Å². The SMILES string of the molecule is C=CCCC(Nc1ccc(F)cc1)C1CC1. The van der Waals surface area contributed by atoms with Crippen molar-refractivity contribution < 1.29 is 4.39 Å². The molecular formula is C14H18FN. The summed E-state index contributed by atoms with van der Waals surface area (Å²) in [5.74, 6) is 0.615. The minimum atomic E-state index is -0.181. The summed E-state index contributed by atoms with van der Waals surface area (Å²) >= 11 is 0. The van der Waals surface area contributed by atoms with Crippen LogP contribution in [0.5, 0.6) is 0 Å². The van der Waals surface area contributed by atoms with Crippen LogP contribution in [0, 0.1) is 11.7 Å². The molecule has 1 atom stereocenters. The van der Waals surface area contributed by atoms with E-state index in [1.54, 1.807) is 12.1 Å². The molecule has 1 aliphatic rings. The summed E-state index contributed by atoms with van der Waals surface area (Å²) < 4.78 is 12.8. The lowest BCUT2D eigenvalue weighted by Crippen LogP contribution is -2.21. The van der Waals surface area contributed by atoms with Crippen molar-refractivity contribution in [2.75, 3.05) is 5.32 Å². The monoisotopic (exact) mass is 219 g/mol. The predicted molar refractivity (Wildman–Crippen MR) is 66.0 cm³/mol. The highest BCUT2D eigenvalue weighted by molar-refractivity contribution is 5.44. The standard InChI is InChI=1S/C14H18FN/c1-2-3-4-14(11-5-6-11)16-13-9-7-12(15)8-10-13/h2,7-11,14,16H,1,3-6H2. The third-order valence-corrected chi connectivity index (χ3v) is 3.07. The third-order valence-electron chi connectivity index (χ3n) is 3.07. The smallest absolute Gasteiger partial charge is 0.123 e. The molecule has 1 aromatic rings. The molecule has 0 radical (unpaired) electrons. The molecule has 0 bridgehead atoms. The predicted octanol–water partition coefficient (Wildman–Crippen LogP) is 3.98. The maximum absolute atomic E-state index is 12.8. The molecule has 1 aliphatic carbocycles. The second-order valence-corrected chi connectivity index (χ2v) is 4.46. The highest BCUT2D eigenvalue weighted by atomic mass is 19.1. The molecule has 86 valence electrons. The Morgan fingerprint density at radius 2 is 2.06 bits per heavy atom. The van der Waals surface area contributed by atoms with E-state index < -0.39 is 0 Å². The first-order valence-corrected chi connectivity index (χ1v) is 5.92. The lowest BCUT2D eigenvalue weighted by Gasteiger charge is -2.18. The van der Waals surface area contributed by atoms with E-state index in [1.165, 1.54) is 25.0 Å². The Morgan fingerprint density at radius 1 is 1.38 bits per heavy atom. The number of halogens is 1. The number of anilines is 1. The zero-order valence-corrected chi connectivity index (χ0v) is 9.45. The minimum Gasteiger partial charge on any atom is -0.382 e. The van der Waals surface area contributed by atoms with Gasteiger partial charge in [-0.3, -0.25) is 0 Å². The van der Waals surface area contributed by atoms with Crippen LogP contribution in [-0.2, 0) is 0 Å². The van der Waals surface area contributed by atoms with Crippen LogP contribution in [0.2, 0.25) is 0 Å². The molecule has 2 heteroatoms. The van der Waals surface area contributed by atoms with Crippen LogP contribution < -0.4 is 5.32 Å². The molecule has 0 aromatic heterocycles. The molecule has 1 N–H and O–H groups in total. The molecule has 1 nitrogen and oxygen atoms in total. The highest BCUT2D eigenvalue weighted by Crippen LogP contribution is 2.36. The number of hydrogen-bond acceptors (Lipinski definition) is 1. The molecule has 0 aliphatic heterocycles. The average Bonchev–Trinajstić information content (AvgIpc) is 3.11. The van der Waals surface area contributed by atoms with Gasteiger partial charge in [0.1, 0.15) is 5.82 Å². The van der Waals surface area contributed by atoms with Crippen molar-refractivity contribution in [3.63, 3.8) is 0 Å². The van der Waals surface area contributed by atoms with Crippen LogP contribution >= 0.6 is 0 Å². The Morgan fingerprint density at radius 3 is 2.62 bits per heavy atom. The van der Waals surface area contributed by atoms with E-state index in [0.29, 0.717) is 6.04 Å². The molecule has 16 heavy (non-hydrogen) atoms. The van der Waals surface area contributed by atoms with Crippen molar-refractivity contribution >= 4 is 5.69 Å². The second kappa shape index (κ2) is 5.15. The van der Waals surface area contributed by atoms with Gasteiger partial charge >= 0.3 is 0 Å². The van der Waals surface area contributed by atoms with Gasteiger partial charge in [0.05, 0.1) is 0 Å². The molecule has 0 spiro atoms. The van der Waals surface area contributed by atoms with E-state index >= 15 is 0 Å². The molecule has 0 heterocycles. The van der Waals surface area contributed by atoms with Gasteiger partial charge in [0.15, 0.2) is 0 Å². The van der Waals surface area contributed by atoms with Crippen LogP contribution in [0.3, 0.4) is 0 Å². The van der Waals surface area contributed by atoms with Crippen LogP contribution in [0.15, 0.2) is 36.9 Å². The molecule has 1 unspecified atom stereocenters. The molecule has 1 aromatic carbocycles. The number of benzene rings is 1. The summed E-state index contributed by atoms with van der Waals surface area (Å²) in [6, 6.07) is 7.13. The van der Waals surface area contributed by atoms with Crippen molar-refractivity contribution in [3.05, 3.63) is 42.7 Å². The Balaban J connectivity index is 1.93. The number of allylic oxidation sites excluding steroid dienone is 1. The largest absolute Gasteiger partial charge is 0.382 e. The minimum absolute atomic E-state index is 0.181. The van der Waals surface area contributed by atoms with Gasteiger partial charge in [-0.1, -0.05) is 6.08 Å². The highest BCUT2D eigenvalue weighted by Gasteiger charge is 2.30. The molecule has 1 fully saturated rings. The first-order chi connectivity index (χ1) is 7.79. The van der Waals surface area contributed by atoms with Gasteiger partial charge < -0.3 is 5.32 Å². The number of nitrogens with one attached hydrogen (secondary N) is 1. The Bertz CT molecular complexity index is 340. The molecule has 0 amide bonds. The topological polar surface area (TPSA) is 12.0 Å². The molecule has 1 saturated carbocycles. The maximum Gasteiger partial charge on any atom is 0.123 e. The van der Waals surface area contributed by atoms with Gasteiger partial charge in [-0.15, -0.1) is 6.58 Å². The fourth-order valence-corrected chi connectivity index (χ4v) is 1.98. The number of rotatable bonds is 6. The van der Waals surface area contributed by atoms with Crippen molar-refractivity contribution in [1.82, 2.24) is 0 Å². The van der Waals surface area contributed by atoms with Crippen molar-refractivity contribution in [1.29, 1.82) is 0 Å². The Hall–Kier alpha value is -1.31. The van der Waals surface area contributed by atoms with Crippen molar-refractivity contribution in [2.45, 2.75) is 31.7 Å². The summed E-state index contributed by atoms with van der Waals surface area (Å²) in [7, 11) is 0. The normalized spacial score (nSPS) is 16.8. The zero-order chi connectivity index (χ0) is 11.4. The molecule has 0 saturated heterocycles. The third kappa shape index (κ3) is 3.09. The lowest BCUT2D eigenvalue weighted by atomic mass is 10.1. The average molecular weight is 219 g/mol. The summed E-state index contributed by atoms with van der Waals surface area (Å²) in [5, 5.41) is 3.49. The first-order valence-electron chi connectivity index (χ1n) is 5.92. The summed E-state index contributed by atoms with van der Waals surface area (Å²) in [6.45, 7) is 3.75. The Labute approximate surface area is 96.4 Å². The quantitative estimate of drug-likeness (QED) is 0.713. The van der Waals surface area contributed by atoms with Crippen LogP contribution in [0.25, 0.3) is 0 Å².